The normalized spacial score (nSPS) is 14.0. The molecule has 0 rings (SSSR count). The average Bonchev–Trinajstić information content (AvgIpc) is 3.39. The third-order valence-corrected chi connectivity index (χ3v) is 16.2. The average molecular weight is 1100 g/mol. The second kappa shape index (κ2) is 59.1. The number of phosphoric ester groups is 1. The summed E-state index contributed by atoms with van der Waals surface area (Å²) in [4.78, 5) is 23.4. The van der Waals surface area contributed by atoms with Crippen molar-refractivity contribution in [3.63, 3.8) is 0 Å². The van der Waals surface area contributed by atoms with E-state index >= 15 is 0 Å². The molecule has 77 heavy (non-hydrogen) atoms. The summed E-state index contributed by atoms with van der Waals surface area (Å²) in [5.41, 5.74) is 0. The van der Waals surface area contributed by atoms with Crippen molar-refractivity contribution in [3.05, 3.63) is 48.6 Å². The van der Waals surface area contributed by atoms with E-state index < -0.39 is 20.0 Å². The molecule has 0 radical (unpaired) electrons. The van der Waals surface area contributed by atoms with Crippen LogP contribution in [-0.4, -0.2) is 73.4 Å². The first-order valence-electron chi connectivity index (χ1n) is 33.5. The molecular weight excluding hydrogens is 972 g/mol. The van der Waals surface area contributed by atoms with E-state index in [-0.39, 0.29) is 19.1 Å². The molecule has 0 aromatic rings. The van der Waals surface area contributed by atoms with Crippen LogP contribution in [0.25, 0.3) is 0 Å². The van der Waals surface area contributed by atoms with E-state index in [2.05, 4.69) is 55.6 Å². The summed E-state index contributed by atoms with van der Waals surface area (Å²) in [6, 6.07) is -0.872. The van der Waals surface area contributed by atoms with Crippen LogP contribution in [-0.2, 0) is 18.4 Å². The molecule has 3 N–H and O–H groups in total. The second-order valence-electron chi connectivity index (χ2n) is 24.2. The number of rotatable bonds is 62. The first kappa shape index (κ1) is 75.5. The van der Waals surface area contributed by atoms with Crippen LogP contribution in [0.5, 0.6) is 0 Å². The molecule has 9 heteroatoms. The summed E-state index contributed by atoms with van der Waals surface area (Å²) in [5.74, 6) is -0.187. The number of phosphoric acid groups is 1. The highest BCUT2D eigenvalue weighted by Crippen LogP contribution is 2.43. The maximum absolute atomic E-state index is 13.0. The molecule has 3 atom stereocenters. The van der Waals surface area contributed by atoms with Gasteiger partial charge in [-0.2, -0.15) is 0 Å². The Bertz CT molecular complexity index is 1390. The molecule has 3 unspecified atom stereocenters. The molecule has 8 nitrogen and oxygen atoms in total. The molecule has 454 valence electrons. The van der Waals surface area contributed by atoms with Crippen LogP contribution in [0.1, 0.15) is 328 Å². The minimum absolute atomic E-state index is 0.0537. The topological polar surface area (TPSA) is 105 Å². The Kier molecular flexibility index (Phi) is 57.9. The Hall–Kier alpha value is -1.54. The number of aliphatic hydroxyl groups excluding tert-OH is 1. The smallest absolute Gasteiger partial charge is 0.387 e. The molecule has 0 heterocycles. The lowest BCUT2D eigenvalue weighted by atomic mass is 10.0. The molecule has 0 saturated heterocycles. The van der Waals surface area contributed by atoms with Gasteiger partial charge in [0.15, 0.2) is 0 Å². The van der Waals surface area contributed by atoms with Crippen LogP contribution in [0.4, 0.5) is 0 Å². The van der Waals surface area contributed by atoms with Crippen molar-refractivity contribution in [1.82, 2.24) is 5.32 Å². The molecule has 0 spiro atoms. The fourth-order valence-corrected chi connectivity index (χ4v) is 10.7. The molecule has 0 aliphatic carbocycles. The molecule has 0 aliphatic heterocycles. The van der Waals surface area contributed by atoms with E-state index in [0.29, 0.717) is 17.4 Å². The molecular formula is C68H132N2O6P+. The van der Waals surface area contributed by atoms with Crippen molar-refractivity contribution < 1.29 is 32.9 Å². The summed E-state index contributed by atoms with van der Waals surface area (Å²) < 4.78 is 23.8. The number of amides is 1. The van der Waals surface area contributed by atoms with E-state index in [9.17, 15) is 19.4 Å². The zero-order chi connectivity index (χ0) is 56.3. The number of carbonyl (C=O) groups excluding carboxylic acids is 1. The second-order valence-corrected chi connectivity index (χ2v) is 25.6. The number of hydrogen-bond acceptors (Lipinski definition) is 5. The number of quaternary nitrogens is 1. The van der Waals surface area contributed by atoms with Crippen LogP contribution in [0.2, 0.25) is 0 Å². The number of nitrogens with one attached hydrogen (secondary N) is 1. The maximum atomic E-state index is 13.0. The van der Waals surface area contributed by atoms with Crippen molar-refractivity contribution in [3.8, 4) is 0 Å². The predicted octanol–water partition coefficient (Wildman–Crippen LogP) is 21.1. The SMILES string of the molecule is CCCCCCCCCC/C=C\CCCCCCCCCCCCCCCC(=O)NC(COP(=O)(O)OCC[N+](C)(C)C)C(O)/C=C/CC/C=C/CC/C=C/CCCCCCCCCCCCCCCCCCCCCC. The summed E-state index contributed by atoms with van der Waals surface area (Å²) in [6.07, 6.45) is 79.7. The largest absolute Gasteiger partial charge is 0.472 e. The molecule has 0 fully saturated rings. The highest BCUT2D eigenvalue weighted by molar-refractivity contribution is 7.47. The quantitative estimate of drug-likeness (QED) is 0.0243. The van der Waals surface area contributed by atoms with E-state index in [4.69, 9.17) is 9.05 Å². The van der Waals surface area contributed by atoms with Gasteiger partial charge >= 0.3 is 7.82 Å². The minimum atomic E-state index is -4.36. The standard InChI is InChI=1S/C68H131N2O6P/c1-6-8-10-12-14-16-18-20-22-24-26-28-30-32-33-34-35-36-38-39-41-43-45-47-49-51-53-55-57-59-61-67(71)66(65-76-77(73,74)75-64-63-70(3,4)5)69-68(72)62-60-58-56-54-52-50-48-46-44-42-40-37-31-29-27-25-23-21-19-17-15-13-11-9-7-2/h25,27,43,45,51,53,59,61,66-67,71H,6-24,26,28-42,44,46-50,52,54-58,60,62-65H2,1-5H3,(H-,69,72,73,74)/p+1/b27-25-,45-43+,53-51+,61-59+. The Morgan fingerprint density at radius 2 is 0.714 bits per heavy atom. The number of nitrogens with zero attached hydrogens (tertiary/aromatic N) is 1. The lowest BCUT2D eigenvalue weighted by molar-refractivity contribution is -0.870. The molecule has 0 bridgehead atoms. The van der Waals surface area contributed by atoms with Gasteiger partial charge in [0.1, 0.15) is 13.2 Å². The molecule has 0 saturated carbocycles. The first-order valence-corrected chi connectivity index (χ1v) is 35.0. The summed E-state index contributed by atoms with van der Waals surface area (Å²) >= 11 is 0. The van der Waals surface area contributed by atoms with E-state index in [0.717, 1.165) is 44.9 Å². The summed E-state index contributed by atoms with van der Waals surface area (Å²) in [7, 11) is 1.56. The monoisotopic (exact) mass is 1100 g/mol. The Labute approximate surface area is 479 Å². The lowest BCUT2D eigenvalue weighted by Crippen LogP contribution is -2.45. The number of aliphatic hydroxyl groups is 1. The minimum Gasteiger partial charge on any atom is -0.387 e. The Morgan fingerprint density at radius 1 is 0.429 bits per heavy atom. The van der Waals surface area contributed by atoms with Gasteiger partial charge < -0.3 is 19.8 Å². The van der Waals surface area contributed by atoms with Gasteiger partial charge in [-0.25, -0.2) is 4.57 Å². The fourth-order valence-electron chi connectivity index (χ4n) is 10.0. The Morgan fingerprint density at radius 3 is 1.04 bits per heavy atom. The van der Waals surface area contributed by atoms with Gasteiger partial charge in [-0.1, -0.05) is 300 Å². The van der Waals surface area contributed by atoms with Crippen molar-refractivity contribution in [2.45, 2.75) is 341 Å². The number of allylic oxidation sites excluding steroid dienone is 7. The van der Waals surface area contributed by atoms with Gasteiger partial charge in [-0.15, -0.1) is 0 Å². The van der Waals surface area contributed by atoms with Crippen LogP contribution in [0.3, 0.4) is 0 Å². The van der Waals surface area contributed by atoms with Crippen LogP contribution in [0, 0.1) is 0 Å². The fraction of sp³-hybridized carbons (Fsp3) is 0.868. The van der Waals surface area contributed by atoms with Gasteiger partial charge in [0.25, 0.3) is 0 Å². The number of carbonyl (C=O) groups is 1. The maximum Gasteiger partial charge on any atom is 0.472 e. The Balaban J connectivity index is 4.16. The van der Waals surface area contributed by atoms with Gasteiger partial charge in [0.05, 0.1) is 39.9 Å². The first-order chi connectivity index (χ1) is 37.5. The van der Waals surface area contributed by atoms with Gasteiger partial charge in [-0.3, -0.25) is 13.8 Å². The molecule has 0 aliphatic rings. The zero-order valence-electron chi connectivity index (χ0n) is 52.0. The van der Waals surface area contributed by atoms with Crippen molar-refractivity contribution in [1.29, 1.82) is 0 Å². The van der Waals surface area contributed by atoms with E-state index in [1.807, 2.05) is 27.2 Å². The number of likely N-dealkylation sites (N-methyl/N-ethyl adjacent to an activating group) is 1. The summed E-state index contributed by atoms with van der Waals surface area (Å²) in [6.45, 7) is 4.83. The third kappa shape index (κ3) is 61.9. The molecule has 0 aromatic carbocycles. The van der Waals surface area contributed by atoms with Crippen LogP contribution in [0.15, 0.2) is 48.6 Å². The van der Waals surface area contributed by atoms with E-state index in [1.54, 1.807) is 6.08 Å². The highest BCUT2D eigenvalue weighted by atomic mass is 31.2. The van der Waals surface area contributed by atoms with Crippen molar-refractivity contribution in [2.24, 2.45) is 0 Å². The van der Waals surface area contributed by atoms with Gasteiger partial charge in [0.2, 0.25) is 5.91 Å². The number of hydrogen-bond donors (Lipinski definition) is 3. The van der Waals surface area contributed by atoms with Crippen LogP contribution < -0.4 is 5.32 Å². The van der Waals surface area contributed by atoms with Gasteiger partial charge in [0, 0.05) is 6.42 Å². The highest BCUT2D eigenvalue weighted by Gasteiger charge is 2.28. The van der Waals surface area contributed by atoms with Crippen LogP contribution >= 0.6 is 7.82 Å². The summed E-state index contributed by atoms with van der Waals surface area (Å²) in [5, 5.41) is 14.0. The predicted molar refractivity (Wildman–Crippen MR) is 337 cm³/mol. The third-order valence-electron chi connectivity index (χ3n) is 15.2. The zero-order valence-corrected chi connectivity index (χ0v) is 52.9. The van der Waals surface area contributed by atoms with Crippen molar-refractivity contribution >= 4 is 13.7 Å². The molecule has 0 aromatic heterocycles. The van der Waals surface area contributed by atoms with Gasteiger partial charge in [-0.05, 0) is 70.6 Å². The lowest BCUT2D eigenvalue weighted by Gasteiger charge is -2.25. The molecule has 1 amide bonds. The van der Waals surface area contributed by atoms with E-state index in [1.165, 1.54) is 263 Å². The van der Waals surface area contributed by atoms with Crippen molar-refractivity contribution in [2.75, 3.05) is 40.9 Å². The number of unbranched alkanes of at least 4 members (excludes halogenated alkanes) is 43.